The number of anilines is 3. The van der Waals surface area contributed by atoms with Crippen molar-refractivity contribution in [2.45, 2.75) is 52.4 Å². The highest BCUT2D eigenvalue weighted by Gasteiger charge is 2.42. The molecule has 0 fully saturated rings. The Kier molecular flexibility index (Phi) is 7.03. The molecule has 4 aromatic heterocycles. The Morgan fingerprint density at radius 2 is 0.910 bits per heavy atom. The van der Waals surface area contributed by atoms with Crippen LogP contribution in [0.2, 0.25) is 0 Å². The normalized spacial score (nSPS) is 13.8. The molecular formula is C62H47BN4. The molecule has 0 saturated carbocycles. The third-order valence-electron chi connectivity index (χ3n) is 15.6. The summed E-state index contributed by atoms with van der Waals surface area (Å²) in [6.07, 6.45) is 0. The SMILES string of the molecule is CC(C)(C)c1ccc2c(c1)c1cc(C(C)(C)C)ccc1n2-c1cc2c3c(c1)-n1c4cc5c(cc4c4cccc(c41)B3c1ccccc1N2c1ccccc1)c1cccc2c3ccccc3n5c21. The second-order valence-electron chi connectivity index (χ2n) is 21.4. The standard InChI is InChI=1S/C62H47BN4/c1-61(2,3)36-26-28-51-44(30-36)45-31-37(62(4,5)6)27-29-52(45)65(51)39-32-56-58-57(33-39)67-55-35-54-46(42-20-14-19-41-40-18-10-12-24-50(40)66(54)59(41)42)34-47(55)43-21-15-23-49(60(43)67)63(58)48-22-11-13-25-53(48)64(56)38-16-8-7-9-17-38/h7-35H,1-6H3. The van der Waals surface area contributed by atoms with Crippen LogP contribution in [0.3, 0.4) is 0 Å². The molecule has 0 aliphatic carbocycles. The molecule has 2 aliphatic rings. The zero-order chi connectivity index (χ0) is 44.8. The molecule has 0 bridgehead atoms. The van der Waals surface area contributed by atoms with Gasteiger partial charge in [0.05, 0.1) is 38.8 Å². The third-order valence-corrected chi connectivity index (χ3v) is 15.6. The largest absolute Gasteiger partial charge is 0.311 e. The van der Waals surface area contributed by atoms with Crippen LogP contribution in [-0.2, 0) is 10.8 Å². The molecule has 13 aromatic rings. The molecule has 0 atom stereocenters. The fourth-order valence-corrected chi connectivity index (χ4v) is 12.5. The zero-order valence-electron chi connectivity index (χ0n) is 38.6. The van der Waals surface area contributed by atoms with E-state index in [9.17, 15) is 0 Å². The van der Waals surface area contributed by atoms with Crippen molar-refractivity contribution in [3.8, 4) is 11.4 Å². The molecule has 6 heterocycles. The summed E-state index contributed by atoms with van der Waals surface area (Å²) in [6.45, 7) is 14.0. The van der Waals surface area contributed by atoms with E-state index in [1.165, 1.54) is 126 Å². The summed E-state index contributed by atoms with van der Waals surface area (Å²) in [7, 11) is 0. The predicted molar refractivity (Wildman–Crippen MR) is 287 cm³/mol. The molecule has 9 aromatic carbocycles. The van der Waals surface area contributed by atoms with Crippen LogP contribution in [0.4, 0.5) is 17.1 Å². The van der Waals surface area contributed by atoms with Gasteiger partial charge in [-0.15, -0.1) is 0 Å². The molecular weight excluding hydrogens is 812 g/mol. The van der Waals surface area contributed by atoms with Crippen molar-refractivity contribution < 1.29 is 0 Å². The zero-order valence-corrected chi connectivity index (χ0v) is 38.6. The van der Waals surface area contributed by atoms with Gasteiger partial charge in [0.25, 0.3) is 6.71 Å². The smallest absolute Gasteiger partial charge is 0.252 e. The molecule has 67 heavy (non-hydrogen) atoms. The van der Waals surface area contributed by atoms with Crippen LogP contribution in [-0.4, -0.2) is 20.2 Å². The van der Waals surface area contributed by atoms with Gasteiger partial charge in [0.1, 0.15) is 0 Å². The van der Waals surface area contributed by atoms with E-state index in [4.69, 9.17) is 0 Å². The lowest BCUT2D eigenvalue weighted by atomic mass is 9.34. The molecule has 15 rings (SSSR count). The summed E-state index contributed by atoms with van der Waals surface area (Å²) in [5, 5.41) is 10.4. The minimum atomic E-state index is 0.00728. The summed E-state index contributed by atoms with van der Waals surface area (Å²) >= 11 is 0. The Morgan fingerprint density at radius 1 is 0.343 bits per heavy atom. The van der Waals surface area contributed by atoms with Crippen LogP contribution >= 0.6 is 0 Å². The fraction of sp³-hybridized carbons (Fsp3) is 0.129. The second-order valence-corrected chi connectivity index (χ2v) is 21.4. The number of hydrogen-bond acceptors (Lipinski definition) is 1. The van der Waals surface area contributed by atoms with Gasteiger partial charge in [-0.25, -0.2) is 0 Å². The first-order valence-electron chi connectivity index (χ1n) is 23.9. The third kappa shape index (κ3) is 4.78. The molecule has 318 valence electrons. The van der Waals surface area contributed by atoms with Crippen molar-refractivity contribution >= 4 is 122 Å². The van der Waals surface area contributed by atoms with Crippen LogP contribution in [0.25, 0.3) is 93.1 Å². The van der Waals surface area contributed by atoms with E-state index in [0.717, 1.165) is 11.4 Å². The van der Waals surface area contributed by atoms with Crippen molar-refractivity contribution in [2.75, 3.05) is 4.90 Å². The van der Waals surface area contributed by atoms with Gasteiger partial charge in [-0.2, -0.15) is 0 Å². The van der Waals surface area contributed by atoms with Crippen LogP contribution in [0.15, 0.2) is 176 Å². The summed E-state index contributed by atoms with van der Waals surface area (Å²) in [5.41, 5.74) is 21.5. The first-order valence-corrected chi connectivity index (χ1v) is 23.9. The van der Waals surface area contributed by atoms with Gasteiger partial charge in [-0.3, -0.25) is 0 Å². The highest BCUT2D eigenvalue weighted by molar-refractivity contribution is 7.00. The van der Waals surface area contributed by atoms with Gasteiger partial charge in [-0.1, -0.05) is 145 Å². The topological polar surface area (TPSA) is 17.5 Å². The Labute approximate surface area is 389 Å². The van der Waals surface area contributed by atoms with Gasteiger partial charge >= 0.3 is 0 Å². The van der Waals surface area contributed by atoms with Gasteiger partial charge in [0.2, 0.25) is 0 Å². The van der Waals surface area contributed by atoms with Crippen molar-refractivity contribution in [1.82, 2.24) is 13.5 Å². The molecule has 0 unspecified atom stereocenters. The lowest BCUT2D eigenvalue weighted by Crippen LogP contribution is -2.60. The Bertz CT molecular complexity index is 4230. The molecule has 0 spiro atoms. The molecule has 0 radical (unpaired) electrons. The quantitative estimate of drug-likeness (QED) is 0.158. The van der Waals surface area contributed by atoms with E-state index in [1.807, 2.05) is 0 Å². The summed E-state index contributed by atoms with van der Waals surface area (Å²) in [5.74, 6) is 0. The molecule has 4 nitrogen and oxygen atoms in total. The monoisotopic (exact) mass is 858 g/mol. The first-order chi connectivity index (χ1) is 32.5. The number of benzene rings is 9. The highest BCUT2D eigenvalue weighted by Crippen LogP contribution is 2.47. The average molecular weight is 859 g/mol. The van der Waals surface area contributed by atoms with Gasteiger partial charge in [-0.05, 0) is 111 Å². The van der Waals surface area contributed by atoms with Crippen molar-refractivity contribution in [3.63, 3.8) is 0 Å². The summed E-state index contributed by atoms with van der Waals surface area (Å²) in [4.78, 5) is 2.53. The maximum atomic E-state index is 2.64. The van der Waals surface area contributed by atoms with E-state index in [2.05, 4.69) is 236 Å². The maximum absolute atomic E-state index is 2.64. The molecule has 0 saturated heterocycles. The highest BCUT2D eigenvalue weighted by atomic mass is 15.2. The fourth-order valence-electron chi connectivity index (χ4n) is 12.5. The van der Waals surface area contributed by atoms with Crippen molar-refractivity contribution in [3.05, 3.63) is 187 Å². The molecule has 0 N–H and O–H groups in total. The number of aromatic nitrogens is 3. The van der Waals surface area contributed by atoms with Crippen molar-refractivity contribution in [2.24, 2.45) is 0 Å². The minimum absolute atomic E-state index is 0.00728. The van der Waals surface area contributed by atoms with Gasteiger partial charge in [0.15, 0.2) is 0 Å². The molecule has 0 amide bonds. The number of nitrogens with zero attached hydrogens (tertiary/aromatic N) is 4. The van der Waals surface area contributed by atoms with E-state index >= 15 is 0 Å². The van der Waals surface area contributed by atoms with Crippen LogP contribution in [0.1, 0.15) is 52.7 Å². The van der Waals surface area contributed by atoms with Crippen LogP contribution in [0, 0.1) is 0 Å². The number of fused-ring (bicyclic) bond motifs is 16. The predicted octanol–water partition coefficient (Wildman–Crippen LogP) is 14.2. The first kappa shape index (κ1) is 37.5. The summed E-state index contributed by atoms with van der Waals surface area (Å²) in [6, 6.07) is 67.4. The lowest BCUT2D eigenvalue weighted by molar-refractivity contribution is 0.590. The second kappa shape index (κ2) is 12.6. The average Bonchev–Trinajstić information content (AvgIpc) is 4.06. The Balaban J connectivity index is 1.12. The van der Waals surface area contributed by atoms with Crippen molar-refractivity contribution in [1.29, 1.82) is 0 Å². The van der Waals surface area contributed by atoms with Crippen LogP contribution in [0.5, 0.6) is 0 Å². The van der Waals surface area contributed by atoms with Gasteiger partial charge in [0, 0.05) is 71.4 Å². The van der Waals surface area contributed by atoms with E-state index < -0.39 is 0 Å². The number of para-hydroxylation sites is 5. The Morgan fingerprint density at radius 3 is 1.64 bits per heavy atom. The number of hydrogen-bond donors (Lipinski definition) is 0. The van der Waals surface area contributed by atoms with E-state index in [0.29, 0.717) is 0 Å². The Hall–Kier alpha value is -7.76. The van der Waals surface area contributed by atoms with E-state index in [-0.39, 0.29) is 17.5 Å². The lowest BCUT2D eigenvalue weighted by Gasteiger charge is -2.40. The molecule has 2 aliphatic heterocycles. The van der Waals surface area contributed by atoms with E-state index in [1.54, 1.807) is 0 Å². The number of rotatable bonds is 2. The van der Waals surface area contributed by atoms with Gasteiger partial charge < -0.3 is 18.4 Å². The molecule has 5 heteroatoms. The van der Waals surface area contributed by atoms with Crippen LogP contribution < -0.4 is 21.3 Å². The summed E-state index contributed by atoms with van der Waals surface area (Å²) < 4.78 is 7.73. The minimum Gasteiger partial charge on any atom is -0.311 e. The maximum Gasteiger partial charge on any atom is 0.252 e.